The number of hydrogen-bond acceptors (Lipinski definition) is 4. The molecule has 0 unspecified atom stereocenters. The number of guanidine groups is 1. The molecule has 1 aliphatic rings. The van der Waals surface area contributed by atoms with Crippen molar-refractivity contribution in [3.05, 3.63) is 0 Å². The van der Waals surface area contributed by atoms with E-state index < -0.39 is 0 Å². The fourth-order valence-corrected chi connectivity index (χ4v) is 1.17. The van der Waals surface area contributed by atoms with Gasteiger partial charge in [0.1, 0.15) is 0 Å². The second-order valence-electron chi connectivity index (χ2n) is 2.83. The zero-order chi connectivity index (χ0) is 9.52. The number of rotatable bonds is 3. The highest BCUT2D eigenvalue weighted by Gasteiger charge is 2.08. The first-order chi connectivity index (χ1) is 6.33. The van der Waals surface area contributed by atoms with Gasteiger partial charge in [0.05, 0.1) is 19.8 Å². The molecule has 0 amide bonds. The predicted molar refractivity (Wildman–Crippen MR) is 48.7 cm³/mol. The first-order valence-electron chi connectivity index (χ1n) is 4.33. The van der Waals surface area contributed by atoms with Gasteiger partial charge in [-0.25, -0.2) is 5.48 Å². The van der Waals surface area contributed by atoms with Crippen LogP contribution in [0.5, 0.6) is 0 Å². The van der Waals surface area contributed by atoms with E-state index in [1.165, 1.54) is 0 Å². The summed E-state index contributed by atoms with van der Waals surface area (Å²) in [6.45, 7) is 4.92. The lowest BCUT2D eigenvalue weighted by atomic mass is 10.4. The Kier molecular flexibility index (Phi) is 4.52. The number of ether oxygens (including phenoxy) is 1. The largest absolute Gasteiger partial charge is 0.379 e. The Morgan fingerprint density at radius 2 is 2.23 bits per heavy atom. The molecule has 0 aromatic carbocycles. The number of hydrogen-bond donors (Lipinski definition) is 3. The molecule has 0 saturated carbocycles. The number of nitrogens with two attached hydrogens (primary N) is 1. The van der Waals surface area contributed by atoms with Crippen LogP contribution < -0.4 is 11.2 Å². The lowest BCUT2D eigenvalue weighted by Crippen LogP contribution is -2.38. The molecule has 4 N–H and O–H groups in total. The quantitative estimate of drug-likeness (QED) is 0.288. The van der Waals surface area contributed by atoms with E-state index in [1.54, 1.807) is 5.48 Å². The molecule has 0 radical (unpaired) electrons. The number of nitrogens with one attached hydrogen (secondary N) is 1. The van der Waals surface area contributed by atoms with Crippen molar-refractivity contribution in [1.82, 2.24) is 10.4 Å². The van der Waals surface area contributed by atoms with Crippen molar-refractivity contribution < 1.29 is 9.94 Å². The first-order valence-corrected chi connectivity index (χ1v) is 4.33. The Morgan fingerprint density at radius 1 is 1.54 bits per heavy atom. The van der Waals surface area contributed by atoms with E-state index in [1.807, 2.05) is 0 Å². The SMILES string of the molecule is NC(=NCCN1CCOCC1)NO. The summed E-state index contributed by atoms with van der Waals surface area (Å²) in [7, 11) is 0. The Balaban J connectivity index is 2.10. The monoisotopic (exact) mass is 188 g/mol. The van der Waals surface area contributed by atoms with Gasteiger partial charge in [-0.05, 0) is 0 Å². The van der Waals surface area contributed by atoms with Crippen molar-refractivity contribution in [2.45, 2.75) is 0 Å². The average molecular weight is 188 g/mol. The minimum Gasteiger partial charge on any atom is -0.379 e. The molecule has 1 heterocycles. The standard InChI is InChI=1S/C7H16N4O2/c8-7(10-12)9-1-2-11-3-5-13-6-4-11/h12H,1-6H2,(H3,8,9,10). The minimum absolute atomic E-state index is 0.0632. The fourth-order valence-electron chi connectivity index (χ4n) is 1.17. The third kappa shape index (κ3) is 4.07. The number of morpholine rings is 1. The molecule has 6 heteroatoms. The Hall–Kier alpha value is -0.850. The summed E-state index contributed by atoms with van der Waals surface area (Å²) in [6, 6.07) is 0. The van der Waals surface area contributed by atoms with E-state index in [0.717, 1.165) is 32.8 Å². The van der Waals surface area contributed by atoms with Gasteiger partial charge in [-0.3, -0.25) is 15.1 Å². The second kappa shape index (κ2) is 5.74. The molecule has 1 fully saturated rings. The molecule has 0 aliphatic carbocycles. The molecule has 13 heavy (non-hydrogen) atoms. The maximum Gasteiger partial charge on any atom is 0.212 e. The molecule has 0 bridgehead atoms. The van der Waals surface area contributed by atoms with Crippen LogP contribution in [0.1, 0.15) is 0 Å². The van der Waals surface area contributed by atoms with Gasteiger partial charge in [0.15, 0.2) is 0 Å². The summed E-state index contributed by atoms with van der Waals surface area (Å²) >= 11 is 0. The highest BCUT2D eigenvalue weighted by atomic mass is 16.5. The van der Waals surface area contributed by atoms with Gasteiger partial charge >= 0.3 is 0 Å². The van der Waals surface area contributed by atoms with E-state index in [-0.39, 0.29) is 5.96 Å². The average Bonchev–Trinajstić information content (AvgIpc) is 2.19. The van der Waals surface area contributed by atoms with Gasteiger partial charge in [-0.1, -0.05) is 0 Å². The first kappa shape index (κ1) is 10.2. The van der Waals surface area contributed by atoms with Crippen LogP contribution in [0.25, 0.3) is 0 Å². The number of hydroxylamine groups is 1. The van der Waals surface area contributed by atoms with Gasteiger partial charge in [-0.15, -0.1) is 0 Å². The summed E-state index contributed by atoms with van der Waals surface area (Å²) in [5.74, 6) is 0.0632. The highest BCUT2D eigenvalue weighted by Crippen LogP contribution is 1.95. The Morgan fingerprint density at radius 3 is 2.85 bits per heavy atom. The predicted octanol–water partition coefficient (Wildman–Crippen LogP) is -1.39. The van der Waals surface area contributed by atoms with Crippen molar-refractivity contribution in [1.29, 1.82) is 0 Å². The zero-order valence-electron chi connectivity index (χ0n) is 7.57. The molecule has 76 valence electrons. The molecule has 1 aliphatic heterocycles. The molecule has 1 rings (SSSR count). The van der Waals surface area contributed by atoms with Crippen LogP contribution in [-0.2, 0) is 4.74 Å². The number of aliphatic imine (C=N–C) groups is 1. The van der Waals surface area contributed by atoms with Crippen molar-refractivity contribution in [2.24, 2.45) is 10.7 Å². The molecule has 6 nitrogen and oxygen atoms in total. The lowest BCUT2D eigenvalue weighted by Gasteiger charge is -2.25. The molecule has 0 aromatic rings. The number of nitrogens with zero attached hydrogens (tertiary/aromatic N) is 2. The molecule has 0 atom stereocenters. The maximum atomic E-state index is 8.33. The molecule has 0 aromatic heterocycles. The van der Waals surface area contributed by atoms with Gasteiger partial charge in [0.2, 0.25) is 5.96 Å². The van der Waals surface area contributed by atoms with Crippen LogP contribution in [0.15, 0.2) is 4.99 Å². The van der Waals surface area contributed by atoms with Gasteiger partial charge < -0.3 is 10.5 Å². The lowest BCUT2D eigenvalue weighted by molar-refractivity contribution is 0.0394. The smallest absolute Gasteiger partial charge is 0.212 e. The fraction of sp³-hybridized carbons (Fsp3) is 0.857. The van der Waals surface area contributed by atoms with E-state index >= 15 is 0 Å². The van der Waals surface area contributed by atoms with Crippen LogP contribution in [0.2, 0.25) is 0 Å². The summed E-state index contributed by atoms with van der Waals surface area (Å²) in [5.41, 5.74) is 7.02. The highest BCUT2D eigenvalue weighted by molar-refractivity contribution is 5.76. The van der Waals surface area contributed by atoms with E-state index in [4.69, 9.17) is 15.7 Å². The van der Waals surface area contributed by atoms with Crippen LogP contribution in [0.3, 0.4) is 0 Å². The zero-order valence-corrected chi connectivity index (χ0v) is 7.57. The molecular weight excluding hydrogens is 172 g/mol. The van der Waals surface area contributed by atoms with E-state index in [2.05, 4.69) is 9.89 Å². The normalized spacial score (nSPS) is 20.2. The molecule has 0 spiro atoms. The summed E-state index contributed by atoms with van der Waals surface area (Å²) < 4.78 is 5.19. The minimum atomic E-state index is 0.0632. The van der Waals surface area contributed by atoms with Crippen molar-refractivity contribution in [2.75, 3.05) is 39.4 Å². The van der Waals surface area contributed by atoms with E-state index in [0.29, 0.717) is 6.54 Å². The van der Waals surface area contributed by atoms with Crippen LogP contribution in [0.4, 0.5) is 0 Å². The summed E-state index contributed by atoms with van der Waals surface area (Å²) in [4.78, 5) is 6.14. The topological polar surface area (TPSA) is 83.1 Å². The maximum absolute atomic E-state index is 8.33. The second-order valence-corrected chi connectivity index (χ2v) is 2.83. The van der Waals surface area contributed by atoms with Crippen LogP contribution in [-0.4, -0.2) is 55.5 Å². The third-order valence-electron chi connectivity index (χ3n) is 1.92. The van der Waals surface area contributed by atoms with Gasteiger partial charge in [0.25, 0.3) is 0 Å². The Bertz CT molecular complexity index is 168. The van der Waals surface area contributed by atoms with E-state index in [9.17, 15) is 0 Å². The van der Waals surface area contributed by atoms with Gasteiger partial charge in [-0.2, -0.15) is 0 Å². The van der Waals surface area contributed by atoms with Gasteiger partial charge in [0, 0.05) is 19.6 Å². The van der Waals surface area contributed by atoms with Crippen LogP contribution in [0, 0.1) is 0 Å². The van der Waals surface area contributed by atoms with Crippen molar-refractivity contribution >= 4 is 5.96 Å². The third-order valence-corrected chi connectivity index (χ3v) is 1.92. The van der Waals surface area contributed by atoms with Crippen molar-refractivity contribution in [3.63, 3.8) is 0 Å². The Labute approximate surface area is 77.3 Å². The molecular formula is C7H16N4O2. The van der Waals surface area contributed by atoms with Crippen LogP contribution >= 0.6 is 0 Å². The van der Waals surface area contributed by atoms with Crippen molar-refractivity contribution in [3.8, 4) is 0 Å². The summed E-state index contributed by atoms with van der Waals surface area (Å²) in [6.07, 6.45) is 0. The molecule has 1 saturated heterocycles. The summed E-state index contributed by atoms with van der Waals surface area (Å²) in [5, 5.41) is 8.33.